The minimum Gasteiger partial charge on any atom is -0.380 e. The van der Waals surface area contributed by atoms with Crippen molar-refractivity contribution in [3.63, 3.8) is 0 Å². The maximum Gasteiger partial charge on any atom is 0.225 e. The van der Waals surface area contributed by atoms with E-state index in [9.17, 15) is 4.79 Å². The van der Waals surface area contributed by atoms with Crippen molar-refractivity contribution in [2.24, 2.45) is 13.0 Å². The van der Waals surface area contributed by atoms with Crippen molar-refractivity contribution in [1.29, 1.82) is 0 Å². The molecule has 0 radical (unpaired) electrons. The monoisotopic (exact) mass is 511 g/mol. The lowest BCUT2D eigenvalue weighted by atomic mass is 9.85. The number of hydrogen-bond acceptors (Lipinski definition) is 6. The Hall–Kier alpha value is -3.85. The van der Waals surface area contributed by atoms with Gasteiger partial charge in [-0.1, -0.05) is 18.2 Å². The van der Waals surface area contributed by atoms with Gasteiger partial charge < -0.3 is 9.64 Å². The third kappa shape index (κ3) is 4.98. The summed E-state index contributed by atoms with van der Waals surface area (Å²) in [4.78, 5) is 24.2. The summed E-state index contributed by atoms with van der Waals surface area (Å²) in [6.45, 7) is 1.55. The second-order valence-electron chi connectivity index (χ2n) is 10.4. The first kappa shape index (κ1) is 24.5. The summed E-state index contributed by atoms with van der Waals surface area (Å²) in [6, 6.07) is 8.50. The molecule has 2 fully saturated rings. The molecule has 1 atom stereocenters. The highest BCUT2D eigenvalue weighted by atomic mass is 16.5. The van der Waals surface area contributed by atoms with Crippen LogP contribution in [-0.4, -0.2) is 66.6 Å². The van der Waals surface area contributed by atoms with Gasteiger partial charge in [0.05, 0.1) is 24.5 Å². The molecule has 0 unspecified atom stereocenters. The highest BCUT2D eigenvalue weighted by Crippen LogP contribution is 2.34. The van der Waals surface area contributed by atoms with Crippen molar-refractivity contribution in [3.8, 4) is 33.6 Å². The summed E-state index contributed by atoms with van der Waals surface area (Å²) in [6.07, 6.45) is 16.4. The lowest BCUT2D eigenvalue weighted by Gasteiger charge is -2.30. The average Bonchev–Trinajstić information content (AvgIpc) is 3.74. The van der Waals surface area contributed by atoms with Crippen LogP contribution in [0.4, 0.5) is 0 Å². The Morgan fingerprint density at radius 1 is 0.868 bits per heavy atom. The number of benzene rings is 1. The van der Waals surface area contributed by atoms with Gasteiger partial charge in [-0.3, -0.25) is 14.2 Å². The standard InChI is InChI=1S/C29H33N7O2/c1-34-17-24(15-32-34)21-4-3-5-22(12-21)28-30-13-23(14-31-28)25-16-33-36(18-25)26-8-6-20(7-9-26)29(37)35-11-10-27(19-35)38-2/h3-5,12-18,20,26-27H,6-11,19H2,1-2H3/t20-,26-,27-/m0/s1. The van der Waals surface area contributed by atoms with Crippen LogP contribution in [0.1, 0.15) is 38.1 Å². The van der Waals surface area contributed by atoms with Gasteiger partial charge in [-0.25, -0.2) is 9.97 Å². The number of amides is 1. The second-order valence-corrected chi connectivity index (χ2v) is 10.4. The minimum atomic E-state index is 0.120. The topological polar surface area (TPSA) is 91.0 Å². The van der Waals surface area contributed by atoms with E-state index < -0.39 is 0 Å². The number of likely N-dealkylation sites (tertiary alicyclic amines) is 1. The molecule has 4 aromatic rings. The van der Waals surface area contributed by atoms with Crippen LogP contribution >= 0.6 is 0 Å². The minimum absolute atomic E-state index is 0.120. The smallest absolute Gasteiger partial charge is 0.225 e. The Morgan fingerprint density at radius 3 is 2.32 bits per heavy atom. The average molecular weight is 512 g/mol. The van der Waals surface area contributed by atoms with Crippen LogP contribution in [0, 0.1) is 5.92 Å². The molecule has 2 aliphatic rings. The molecular weight excluding hydrogens is 478 g/mol. The largest absolute Gasteiger partial charge is 0.380 e. The van der Waals surface area contributed by atoms with E-state index in [2.05, 4.69) is 43.2 Å². The first-order valence-corrected chi connectivity index (χ1v) is 13.3. The molecule has 1 amide bonds. The van der Waals surface area contributed by atoms with Crippen LogP contribution in [0.3, 0.4) is 0 Å². The molecule has 38 heavy (non-hydrogen) atoms. The summed E-state index contributed by atoms with van der Waals surface area (Å²) in [5.41, 5.74) is 5.05. The summed E-state index contributed by atoms with van der Waals surface area (Å²) in [5.74, 6) is 1.10. The van der Waals surface area contributed by atoms with Crippen molar-refractivity contribution < 1.29 is 9.53 Å². The number of ether oxygens (including phenoxy) is 1. The Bertz CT molecular complexity index is 1400. The van der Waals surface area contributed by atoms with Crippen molar-refractivity contribution in [2.45, 2.75) is 44.2 Å². The van der Waals surface area contributed by atoms with Gasteiger partial charge in [0, 0.05) is 80.2 Å². The highest BCUT2D eigenvalue weighted by molar-refractivity contribution is 5.79. The summed E-state index contributed by atoms with van der Waals surface area (Å²) < 4.78 is 9.28. The van der Waals surface area contributed by atoms with Gasteiger partial charge in [-0.2, -0.15) is 10.2 Å². The molecular formula is C29H33N7O2. The third-order valence-corrected chi connectivity index (χ3v) is 7.96. The zero-order valence-electron chi connectivity index (χ0n) is 21.9. The number of methoxy groups -OCH3 is 1. The van der Waals surface area contributed by atoms with Gasteiger partial charge in [-0.15, -0.1) is 0 Å². The lowest BCUT2D eigenvalue weighted by molar-refractivity contribution is -0.136. The third-order valence-electron chi connectivity index (χ3n) is 7.96. The van der Waals surface area contributed by atoms with Gasteiger partial charge >= 0.3 is 0 Å². The maximum atomic E-state index is 12.9. The Kier molecular flexibility index (Phi) is 6.76. The molecule has 6 rings (SSSR count). The van der Waals surface area contributed by atoms with Gasteiger partial charge in [0.25, 0.3) is 0 Å². The molecule has 3 aromatic heterocycles. The predicted octanol–water partition coefficient (Wildman–Crippen LogP) is 4.39. The van der Waals surface area contributed by atoms with E-state index in [-0.39, 0.29) is 12.0 Å². The molecule has 4 heterocycles. The van der Waals surface area contributed by atoms with Crippen molar-refractivity contribution in [3.05, 3.63) is 61.4 Å². The molecule has 196 valence electrons. The number of aromatic nitrogens is 6. The summed E-state index contributed by atoms with van der Waals surface area (Å²) in [7, 11) is 3.64. The first-order chi connectivity index (χ1) is 18.6. The molecule has 9 nitrogen and oxygen atoms in total. The quantitative estimate of drug-likeness (QED) is 0.381. The van der Waals surface area contributed by atoms with E-state index in [1.54, 1.807) is 11.8 Å². The second kappa shape index (κ2) is 10.5. The molecule has 9 heteroatoms. The van der Waals surface area contributed by atoms with Crippen molar-refractivity contribution in [1.82, 2.24) is 34.4 Å². The fourth-order valence-electron chi connectivity index (χ4n) is 5.69. The lowest BCUT2D eigenvalue weighted by Crippen LogP contribution is -2.37. The summed E-state index contributed by atoms with van der Waals surface area (Å²) in [5, 5.41) is 8.92. The van der Waals surface area contributed by atoms with E-state index in [1.807, 2.05) is 55.1 Å². The number of carbonyl (C=O) groups excluding carboxylic acids is 1. The molecule has 0 spiro atoms. The van der Waals surface area contributed by atoms with Gasteiger partial charge in [-0.05, 0) is 43.7 Å². The Morgan fingerprint density at radius 2 is 1.61 bits per heavy atom. The SMILES string of the molecule is CO[C@H]1CCN(C(=O)[C@H]2CC[C@H](n3cc(-c4cnc(-c5cccc(-c6cnn(C)c6)c5)nc4)cn3)CC2)C1. The van der Waals surface area contributed by atoms with E-state index in [4.69, 9.17) is 4.74 Å². The molecule has 0 N–H and O–H groups in total. The molecule has 1 aliphatic heterocycles. The highest BCUT2D eigenvalue weighted by Gasteiger charge is 2.33. The van der Waals surface area contributed by atoms with Crippen LogP contribution in [0.25, 0.3) is 33.6 Å². The molecule has 1 saturated carbocycles. The van der Waals surface area contributed by atoms with E-state index in [1.165, 1.54) is 0 Å². The molecule has 1 saturated heterocycles. The zero-order valence-corrected chi connectivity index (χ0v) is 21.9. The number of aryl methyl sites for hydroxylation is 1. The molecule has 1 aliphatic carbocycles. The van der Waals surface area contributed by atoms with Gasteiger partial charge in [0.15, 0.2) is 5.82 Å². The maximum absolute atomic E-state index is 12.9. The van der Waals surface area contributed by atoms with Crippen molar-refractivity contribution >= 4 is 5.91 Å². The fourth-order valence-corrected chi connectivity index (χ4v) is 5.69. The van der Waals surface area contributed by atoms with Crippen LogP contribution in [0.15, 0.2) is 61.4 Å². The van der Waals surface area contributed by atoms with Gasteiger partial charge in [0.2, 0.25) is 5.91 Å². The Labute approximate surface area is 222 Å². The van der Waals surface area contributed by atoms with Crippen LogP contribution in [0.2, 0.25) is 0 Å². The fraction of sp³-hybridized carbons (Fsp3) is 0.414. The van der Waals surface area contributed by atoms with Crippen LogP contribution in [0.5, 0.6) is 0 Å². The zero-order chi connectivity index (χ0) is 26.1. The summed E-state index contributed by atoms with van der Waals surface area (Å²) >= 11 is 0. The van der Waals surface area contributed by atoms with Gasteiger partial charge in [0.1, 0.15) is 0 Å². The van der Waals surface area contributed by atoms with E-state index in [0.717, 1.165) is 73.0 Å². The number of carbonyl (C=O) groups is 1. The molecule has 1 aromatic carbocycles. The Balaban J connectivity index is 1.09. The van der Waals surface area contributed by atoms with E-state index >= 15 is 0 Å². The number of rotatable bonds is 6. The normalized spacial score (nSPS) is 21.6. The number of hydrogen-bond donors (Lipinski definition) is 0. The van der Waals surface area contributed by atoms with Crippen LogP contribution < -0.4 is 0 Å². The van der Waals surface area contributed by atoms with Crippen LogP contribution in [-0.2, 0) is 16.6 Å². The predicted molar refractivity (Wildman–Crippen MR) is 144 cm³/mol. The van der Waals surface area contributed by atoms with E-state index in [0.29, 0.717) is 17.8 Å². The number of nitrogens with zero attached hydrogens (tertiary/aromatic N) is 7. The van der Waals surface area contributed by atoms with Crippen molar-refractivity contribution in [2.75, 3.05) is 20.2 Å². The molecule has 0 bridgehead atoms. The first-order valence-electron chi connectivity index (χ1n) is 13.3.